The fourth-order valence-electron chi connectivity index (χ4n) is 1.88. The standard InChI is InChI=1S/C11H15NO.ClH/c13-10-5-3-4-9(8-10)11-6-1-2-7-12-11;/h3-5,8,11-13H,1-2,6-7H2;1H/t11-;/m1./s1. The van der Waals surface area contributed by atoms with Gasteiger partial charge in [-0.3, -0.25) is 0 Å². The van der Waals surface area contributed by atoms with Crippen molar-refractivity contribution < 1.29 is 5.11 Å². The Morgan fingerprint density at radius 2 is 2.14 bits per heavy atom. The van der Waals surface area contributed by atoms with Crippen molar-refractivity contribution in [3.8, 4) is 5.75 Å². The van der Waals surface area contributed by atoms with E-state index >= 15 is 0 Å². The van der Waals surface area contributed by atoms with Crippen LogP contribution in [0.25, 0.3) is 0 Å². The molecule has 2 nitrogen and oxygen atoms in total. The van der Waals surface area contributed by atoms with Crippen LogP contribution in [0.15, 0.2) is 24.3 Å². The van der Waals surface area contributed by atoms with Crippen LogP contribution >= 0.6 is 12.4 Å². The Labute approximate surface area is 90.7 Å². The number of hydrogen-bond acceptors (Lipinski definition) is 2. The van der Waals surface area contributed by atoms with Gasteiger partial charge in [0.1, 0.15) is 5.75 Å². The van der Waals surface area contributed by atoms with Gasteiger partial charge in [0.25, 0.3) is 0 Å². The topological polar surface area (TPSA) is 32.3 Å². The quantitative estimate of drug-likeness (QED) is 0.752. The van der Waals surface area contributed by atoms with E-state index in [2.05, 4.69) is 11.4 Å². The Hall–Kier alpha value is -0.730. The van der Waals surface area contributed by atoms with Crippen LogP contribution in [0.5, 0.6) is 5.75 Å². The van der Waals surface area contributed by atoms with Crippen molar-refractivity contribution in [1.82, 2.24) is 5.32 Å². The maximum atomic E-state index is 9.32. The molecular weight excluding hydrogens is 198 g/mol. The zero-order chi connectivity index (χ0) is 9.10. The molecule has 0 bridgehead atoms. The SMILES string of the molecule is Cl.Oc1cccc([C@H]2CCCCN2)c1. The number of rotatable bonds is 1. The minimum Gasteiger partial charge on any atom is -0.508 e. The first-order chi connectivity index (χ1) is 6.36. The summed E-state index contributed by atoms with van der Waals surface area (Å²) in [5, 5.41) is 12.8. The third-order valence-corrected chi connectivity index (χ3v) is 2.58. The lowest BCUT2D eigenvalue weighted by molar-refractivity contribution is 0.409. The second-order valence-corrected chi connectivity index (χ2v) is 3.60. The van der Waals surface area contributed by atoms with E-state index in [1.807, 2.05) is 12.1 Å². The van der Waals surface area contributed by atoms with Gasteiger partial charge in [-0.1, -0.05) is 18.6 Å². The van der Waals surface area contributed by atoms with E-state index in [4.69, 9.17) is 0 Å². The highest BCUT2D eigenvalue weighted by atomic mass is 35.5. The number of piperidine rings is 1. The summed E-state index contributed by atoms with van der Waals surface area (Å²) in [6.45, 7) is 1.10. The summed E-state index contributed by atoms with van der Waals surface area (Å²) in [5.74, 6) is 0.366. The maximum Gasteiger partial charge on any atom is 0.115 e. The summed E-state index contributed by atoms with van der Waals surface area (Å²) in [6.07, 6.45) is 3.74. The summed E-state index contributed by atoms with van der Waals surface area (Å²) in [7, 11) is 0. The van der Waals surface area contributed by atoms with Crippen molar-refractivity contribution >= 4 is 12.4 Å². The van der Waals surface area contributed by atoms with Crippen molar-refractivity contribution in [3.63, 3.8) is 0 Å². The highest BCUT2D eigenvalue weighted by molar-refractivity contribution is 5.85. The minimum atomic E-state index is 0. The van der Waals surface area contributed by atoms with E-state index in [-0.39, 0.29) is 12.4 Å². The molecule has 1 aromatic carbocycles. The molecule has 0 amide bonds. The summed E-state index contributed by atoms with van der Waals surface area (Å²) in [6, 6.07) is 7.99. The van der Waals surface area contributed by atoms with Gasteiger partial charge in [-0.2, -0.15) is 0 Å². The van der Waals surface area contributed by atoms with E-state index in [1.54, 1.807) is 6.07 Å². The van der Waals surface area contributed by atoms with Gasteiger partial charge in [-0.15, -0.1) is 12.4 Å². The normalized spacial score (nSPS) is 21.3. The first kappa shape index (κ1) is 11.3. The molecule has 78 valence electrons. The molecule has 0 radical (unpaired) electrons. The highest BCUT2D eigenvalue weighted by Crippen LogP contribution is 2.24. The number of nitrogens with one attached hydrogen (secondary N) is 1. The van der Waals surface area contributed by atoms with Gasteiger partial charge in [-0.05, 0) is 37.1 Å². The molecule has 1 aliphatic rings. The molecule has 1 aliphatic heterocycles. The summed E-state index contributed by atoms with van der Waals surface area (Å²) in [4.78, 5) is 0. The average Bonchev–Trinajstić information content (AvgIpc) is 2.19. The van der Waals surface area contributed by atoms with Gasteiger partial charge in [0.05, 0.1) is 0 Å². The molecule has 1 atom stereocenters. The molecule has 2 N–H and O–H groups in total. The van der Waals surface area contributed by atoms with Crippen molar-refractivity contribution in [3.05, 3.63) is 29.8 Å². The Morgan fingerprint density at radius 1 is 1.29 bits per heavy atom. The number of hydrogen-bond donors (Lipinski definition) is 2. The molecule has 0 saturated carbocycles. The number of halogens is 1. The summed E-state index contributed by atoms with van der Waals surface area (Å²) in [5.41, 5.74) is 1.21. The van der Waals surface area contributed by atoms with Gasteiger partial charge < -0.3 is 10.4 Å². The van der Waals surface area contributed by atoms with E-state index < -0.39 is 0 Å². The molecule has 0 unspecified atom stereocenters. The van der Waals surface area contributed by atoms with Crippen LogP contribution in [0, 0.1) is 0 Å². The Bertz CT molecular complexity index is 284. The third kappa shape index (κ3) is 2.63. The Kier molecular flexibility index (Phi) is 4.23. The Morgan fingerprint density at radius 3 is 2.79 bits per heavy atom. The highest BCUT2D eigenvalue weighted by Gasteiger charge is 2.14. The van der Waals surface area contributed by atoms with Gasteiger partial charge in [0, 0.05) is 6.04 Å². The fourth-order valence-corrected chi connectivity index (χ4v) is 1.88. The smallest absolute Gasteiger partial charge is 0.115 e. The van der Waals surface area contributed by atoms with E-state index in [1.165, 1.54) is 24.8 Å². The van der Waals surface area contributed by atoms with Crippen LogP contribution in [-0.4, -0.2) is 11.7 Å². The third-order valence-electron chi connectivity index (χ3n) is 2.58. The van der Waals surface area contributed by atoms with Gasteiger partial charge in [0.15, 0.2) is 0 Å². The molecule has 1 heterocycles. The van der Waals surface area contributed by atoms with E-state index in [0.717, 1.165) is 6.54 Å². The first-order valence-corrected chi connectivity index (χ1v) is 4.88. The average molecular weight is 214 g/mol. The molecule has 1 fully saturated rings. The summed E-state index contributed by atoms with van der Waals surface area (Å²) < 4.78 is 0. The molecule has 0 aliphatic carbocycles. The maximum absolute atomic E-state index is 9.32. The van der Waals surface area contributed by atoms with Crippen LogP contribution in [0.1, 0.15) is 30.9 Å². The number of benzene rings is 1. The van der Waals surface area contributed by atoms with Crippen LogP contribution in [0.2, 0.25) is 0 Å². The summed E-state index contributed by atoms with van der Waals surface area (Å²) >= 11 is 0. The molecule has 14 heavy (non-hydrogen) atoms. The monoisotopic (exact) mass is 213 g/mol. The second-order valence-electron chi connectivity index (χ2n) is 3.60. The Balaban J connectivity index is 0.000000980. The van der Waals surface area contributed by atoms with Crippen molar-refractivity contribution in [1.29, 1.82) is 0 Å². The number of phenols is 1. The first-order valence-electron chi connectivity index (χ1n) is 4.88. The van der Waals surface area contributed by atoms with E-state index in [9.17, 15) is 5.11 Å². The van der Waals surface area contributed by atoms with E-state index in [0.29, 0.717) is 11.8 Å². The second kappa shape index (κ2) is 5.23. The predicted octanol–water partition coefficient (Wildman–Crippen LogP) is 2.63. The van der Waals surface area contributed by atoms with Crippen molar-refractivity contribution in [2.24, 2.45) is 0 Å². The van der Waals surface area contributed by atoms with Crippen LogP contribution in [0.3, 0.4) is 0 Å². The lowest BCUT2D eigenvalue weighted by Gasteiger charge is -2.23. The lowest BCUT2D eigenvalue weighted by Crippen LogP contribution is -2.26. The van der Waals surface area contributed by atoms with Crippen LogP contribution in [-0.2, 0) is 0 Å². The lowest BCUT2D eigenvalue weighted by atomic mass is 9.97. The molecule has 2 rings (SSSR count). The number of aromatic hydroxyl groups is 1. The van der Waals surface area contributed by atoms with Crippen LogP contribution in [0.4, 0.5) is 0 Å². The van der Waals surface area contributed by atoms with Gasteiger partial charge in [0.2, 0.25) is 0 Å². The van der Waals surface area contributed by atoms with Crippen molar-refractivity contribution in [2.75, 3.05) is 6.54 Å². The number of phenolic OH excluding ortho intramolecular Hbond substituents is 1. The largest absolute Gasteiger partial charge is 0.508 e. The molecule has 1 saturated heterocycles. The molecule has 1 aromatic rings. The fraction of sp³-hybridized carbons (Fsp3) is 0.455. The molecular formula is C11H16ClNO. The van der Waals surface area contributed by atoms with Crippen molar-refractivity contribution in [2.45, 2.75) is 25.3 Å². The predicted molar refractivity (Wildman–Crippen MR) is 59.9 cm³/mol. The molecule has 0 aromatic heterocycles. The zero-order valence-electron chi connectivity index (χ0n) is 8.07. The van der Waals surface area contributed by atoms with Gasteiger partial charge in [-0.25, -0.2) is 0 Å². The zero-order valence-corrected chi connectivity index (χ0v) is 8.89. The van der Waals surface area contributed by atoms with Gasteiger partial charge >= 0.3 is 0 Å². The minimum absolute atomic E-state index is 0. The van der Waals surface area contributed by atoms with Crippen LogP contribution < -0.4 is 5.32 Å². The molecule has 0 spiro atoms. The molecule has 3 heteroatoms.